The number of halogens is 3. The van der Waals surface area contributed by atoms with E-state index in [1.54, 1.807) is 6.07 Å². The van der Waals surface area contributed by atoms with Gasteiger partial charge in [-0.15, -0.1) is 11.3 Å². The molecule has 1 aromatic heterocycles. The van der Waals surface area contributed by atoms with E-state index >= 15 is 0 Å². The van der Waals surface area contributed by atoms with Crippen LogP contribution in [0.3, 0.4) is 0 Å². The maximum Gasteiger partial charge on any atom is 0.411 e. The van der Waals surface area contributed by atoms with Gasteiger partial charge in [-0.3, -0.25) is 9.59 Å². The molecule has 1 aromatic rings. The predicted molar refractivity (Wildman–Crippen MR) is 65.9 cm³/mol. The first-order valence-electron chi connectivity index (χ1n) is 5.65. The van der Waals surface area contributed by atoms with Gasteiger partial charge in [0.05, 0.1) is 25.0 Å². The van der Waals surface area contributed by atoms with Crippen molar-refractivity contribution in [1.82, 2.24) is 0 Å². The van der Waals surface area contributed by atoms with Crippen LogP contribution in [0.15, 0.2) is 12.1 Å². The van der Waals surface area contributed by atoms with Crippen LogP contribution >= 0.6 is 11.3 Å². The van der Waals surface area contributed by atoms with Crippen molar-refractivity contribution in [2.24, 2.45) is 0 Å². The van der Waals surface area contributed by atoms with Gasteiger partial charge < -0.3 is 9.47 Å². The van der Waals surface area contributed by atoms with Crippen molar-refractivity contribution in [3.63, 3.8) is 0 Å². The Kier molecular flexibility index (Phi) is 6.15. The van der Waals surface area contributed by atoms with Crippen molar-refractivity contribution < 1.29 is 32.2 Å². The molecule has 0 bridgehead atoms. The van der Waals surface area contributed by atoms with Crippen molar-refractivity contribution in [1.29, 1.82) is 0 Å². The standard InChI is InChI=1S/C12H13F3O4S/c1-18-11(17)6-8-2-3-10(20-8)9(16)4-5-19-7-12(13,14)15/h2-3H,4-7H2,1H3. The first-order valence-corrected chi connectivity index (χ1v) is 6.46. The van der Waals surface area contributed by atoms with Crippen LogP contribution < -0.4 is 0 Å². The van der Waals surface area contributed by atoms with Crippen molar-refractivity contribution >= 4 is 23.1 Å². The highest BCUT2D eigenvalue weighted by Crippen LogP contribution is 2.19. The van der Waals surface area contributed by atoms with Gasteiger partial charge in [-0.05, 0) is 12.1 Å². The highest BCUT2D eigenvalue weighted by molar-refractivity contribution is 7.14. The maximum absolute atomic E-state index is 11.8. The predicted octanol–water partition coefficient (Wildman–Crippen LogP) is 2.62. The van der Waals surface area contributed by atoms with E-state index in [0.717, 1.165) is 11.3 Å². The zero-order valence-electron chi connectivity index (χ0n) is 10.7. The number of alkyl halides is 3. The van der Waals surface area contributed by atoms with Crippen LogP contribution in [0.5, 0.6) is 0 Å². The molecule has 0 radical (unpaired) electrons. The van der Waals surface area contributed by atoms with Gasteiger partial charge in [0.1, 0.15) is 6.61 Å². The van der Waals surface area contributed by atoms with Gasteiger partial charge in [-0.25, -0.2) is 0 Å². The summed E-state index contributed by atoms with van der Waals surface area (Å²) < 4.78 is 44.3. The fraction of sp³-hybridized carbons (Fsp3) is 0.500. The summed E-state index contributed by atoms with van der Waals surface area (Å²) in [6, 6.07) is 3.15. The van der Waals surface area contributed by atoms with E-state index < -0.39 is 18.8 Å². The lowest BCUT2D eigenvalue weighted by Gasteiger charge is -2.06. The zero-order chi connectivity index (χ0) is 15.2. The van der Waals surface area contributed by atoms with Crippen LogP contribution in [0.2, 0.25) is 0 Å². The van der Waals surface area contributed by atoms with Gasteiger partial charge in [-0.2, -0.15) is 13.2 Å². The SMILES string of the molecule is COC(=O)Cc1ccc(C(=O)CCOCC(F)(F)F)s1. The fourth-order valence-electron chi connectivity index (χ4n) is 1.31. The Morgan fingerprint density at radius 3 is 2.60 bits per heavy atom. The number of thiophene rings is 1. The molecule has 0 saturated heterocycles. The maximum atomic E-state index is 11.8. The van der Waals surface area contributed by atoms with E-state index in [2.05, 4.69) is 9.47 Å². The average molecular weight is 310 g/mol. The lowest BCUT2D eigenvalue weighted by molar-refractivity contribution is -0.173. The van der Waals surface area contributed by atoms with Crippen molar-refractivity contribution in [2.45, 2.75) is 19.0 Å². The molecule has 4 nitrogen and oxygen atoms in total. The minimum atomic E-state index is -4.39. The highest BCUT2D eigenvalue weighted by Gasteiger charge is 2.27. The molecule has 0 amide bonds. The molecule has 8 heteroatoms. The van der Waals surface area contributed by atoms with E-state index in [4.69, 9.17) is 0 Å². The summed E-state index contributed by atoms with van der Waals surface area (Å²) in [6.45, 7) is -1.65. The Bertz CT molecular complexity index is 468. The Balaban J connectivity index is 2.38. The molecule has 0 fully saturated rings. The van der Waals surface area contributed by atoms with E-state index in [0.29, 0.717) is 9.75 Å². The molecule has 0 aliphatic heterocycles. The van der Waals surface area contributed by atoms with Crippen LogP contribution in [-0.2, 0) is 20.7 Å². The monoisotopic (exact) mass is 310 g/mol. The lowest BCUT2D eigenvalue weighted by atomic mass is 10.2. The molecule has 20 heavy (non-hydrogen) atoms. The van der Waals surface area contributed by atoms with Gasteiger partial charge in [-0.1, -0.05) is 0 Å². The van der Waals surface area contributed by atoms with Gasteiger partial charge >= 0.3 is 12.1 Å². The molecule has 0 aliphatic rings. The first-order chi connectivity index (χ1) is 9.31. The summed E-state index contributed by atoms with van der Waals surface area (Å²) in [4.78, 5) is 23.8. The molecule has 1 rings (SSSR count). The Labute approximate surface area is 117 Å². The van der Waals surface area contributed by atoms with E-state index in [1.807, 2.05) is 0 Å². The quantitative estimate of drug-likeness (QED) is 0.441. The molecule has 112 valence electrons. The smallest absolute Gasteiger partial charge is 0.411 e. The third kappa shape index (κ3) is 6.16. The van der Waals surface area contributed by atoms with E-state index in [1.165, 1.54) is 13.2 Å². The molecule has 0 aliphatic carbocycles. The minimum Gasteiger partial charge on any atom is -0.469 e. The van der Waals surface area contributed by atoms with Crippen molar-refractivity contribution in [3.05, 3.63) is 21.9 Å². The van der Waals surface area contributed by atoms with Crippen LogP contribution in [0.1, 0.15) is 21.0 Å². The summed E-state index contributed by atoms with van der Waals surface area (Å²) in [5.74, 6) is -0.729. The van der Waals surface area contributed by atoms with Crippen LogP contribution in [-0.4, -0.2) is 38.3 Å². The number of ketones is 1. The number of carbonyl (C=O) groups excluding carboxylic acids is 2. The van der Waals surface area contributed by atoms with Crippen molar-refractivity contribution in [3.8, 4) is 0 Å². The molecule has 0 spiro atoms. The molecule has 0 N–H and O–H groups in total. The van der Waals surface area contributed by atoms with E-state index in [9.17, 15) is 22.8 Å². The second kappa shape index (κ2) is 7.39. The lowest BCUT2D eigenvalue weighted by Crippen LogP contribution is -2.18. The van der Waals surface area contributed by atoms with Crippen LogP contribution in [0.4, 0.5) is 13.2 Å². The van der Waals surface area contributed by atoms with Gasteiger partial charge in [0.2, 0.25) is 0 Å². The molecule has 1 heterocycles. The summed E-state index contributed by atoms with van der Waals surface area (Å²) in [7, 11) is 1.26. The number of Topliss-reactive ketones (excluding diaryl/α,β-unsaturated/α-hetero) is 1. The third-order valence-electron chi connectivity index (χ3n) is 2.22. The molecule has 0 unspecified atom stereocenters. The van der Waals surface area contributed by atoms with Crippen molar-refractivity contribution in [2.75, 3.05) is 20.3 Å². The Morgan fingerprint density at radius 2 is 2.00 bits per heavy atom. The average Bonchev–Trinajstić information content (AvgIpc) is 2.81. The topological polar surface area (TPSA) is 52.6 Å². The largest absolute Gasteiger partial charge is 0.469 e. The van der Waals surface area contributed by atoms with Crippen LogP contribution in [0.25, 0.3) is 0 Å². The number of carbonyl (C=O) groups is 2. The number of esters is 1. The second-order valence-corrected chi connectivity index (χ2v) is 5.03. The molecule has 0 saturated carbocycles. The number of hydrogen-bond acceptors (Lipinski definition) is 5. The summed E-state index contributed by atoms with van der Waals surface area (Å²) in [5, 5.41) is 0. The first kappa shape index (κ1) is 16.6. The summed E-state index contributed by atoms with van der Waals surface area (Å²) in [5.41, 5.74) is 0. The van der Waals surface area contributed by atoms with Gasteiger partial charge in [0.15, 0.2) is 5.78 Å². The highest BCUT2D eigenvalue weighted by atomic mass is 32.1. The Morgan fingerprint density at radius 1 is 1.30 bits per heavy atom. The van der Waals surface area contributed by atoms with Gasteiger partial charge in [0.25, 0.3) is 0 Å². The van der Waals surface area contributed by atoms with E-state index in [-0.39, 0.29) is 25.2 Å². The zero-order valence-corrected chi connectivity index (χ0v) is 11.5. The molecule has 0 atom stereocenters. The van der Waals surface area contributed by atoms with Crippen LogP contribution in [0, 0.1) is 0 Å². The molecule has 0 aromatic carbocycles. The van der Waals surface area contributed by atoms with Gasteiger partial charge in [0, 0.05) is 11.3 Å². The minimum absolute atomic E-state index is 0.0685. The summed E-state index contributed by atoms with van der Waals surface area (Å²) in [6.07, 6.45) is -4.45. The number of rotatable bonds is 7. The number of hydrogen-bond donors (Lipinski definition) is 0. The normalized spacial score (nSPS) is 11.4. The molecular formula is C12H13F3O4S. The third-order valence-corrected chi connectivity index (χ3v) is 3.35. The fourth-order valence-corrected chi connectivity index (χ4v) is 2.27. The Hall–Kier alpha value is -1.41. The molecular weight excluding hydrogens is 297 g/mol. The number of methoxy groups -OCH3 is 1. The number of ether oxygens (including phenoxy) is 2. The second-order valence-electron chi connectivity index (χ2n) is 3.86. The summed E-state index contributed by atoms with van der Waals surface area (Å²) >= 11 is 1.12.